The first-order valence-electron chi connectivity index (χ1n) is 7.13. The van der Waals surface area contributed by atoms with Crippen molar-refractivity contribution in [2.24, 2.45) is 0 Å². The smallest absolute Gasteiger partial charge is 0.252 e. The van der Waals surface area contributed by atoms with Crippen molar-refractivity contribution in [3.8, 4) is 0 Å². The first kappa shape index (κ1) is 14.7. The number of benzene rings is 2. The fraction of sp³-hybridized carbons (Fsp3) is 0.176. The summed E-state index contributed by atoms with van der Waals surface area (Å²) >= 11 is 1.58. The van der Waals surface area contributed by atoms with Crippen molar-refractivity contribution >= 4 is 28.7 Å². The zero-order valence-electron chi connectivity index (χ0n) is 12.3. The van der Waals surface area contributed by atoms with Crippen molar-refractivity contribution in [3.05, 3.63) is 59.9 Å². The van der Waals surface area contributed by atoms with Gasteiger partial charge >= 0.3 is 0 Å². The van der Waals surface area contributed by atoms with Gasteiger partial charge in [0.05, 0.1) is 16.6 Å². The molecule has 5 heteroatoms. The number of hydrogen-bond acceptors (Lipinski definition) is 3. The molecule has 22 heavy (non-hydrogen) atoms. The van der Waals surface area contributed by atoms with Crippen LogP contribution < -0.4 is 5.32 Å². The number of H-pyrrole nitrogens is 1. The number of fused-ring (bicyclic) bond motifs is 1. The van der Waals surface area contributed by atoms with Gasteiger partial charge in [0.1, 0.15) is 5.82 Å². The van der Waals surface area contributed by atoms with Crippen LogP contribution in [0, 0.1) is 0 Å². The normalized spacial score (nSPS) is 10.8. The first-order valence-corrected chi connectivity index (χ1v) is 8.35. The lowest BCUT2D eigenvalue weighted by Crippen LogP contribution is -2.26. The lowest BCUT2D eigenvalue weighted by Gasteiger charge is -2.07. The maximum atomic E-state index is 12.2. The number of imidazole rings is 1. The number of nitrogens with zero attached hydrogens (tertiary/aromatic N) is 1. The molecule has 3 aromatic rings. The van der Waals surface area contributed by atoms with Gasteiger partial charge in [0, 0.05) is 17.9 Å². The van der Waals surface area contributed by atoms with Gasteiger partial charge in [0.25, 0.3) is 5.91 Å². The van der Waals surface area contributed by atoms with Crippen LogP contribution in [0.2, 0.25) is 0 Å². The number of carbonyl (C=O) groups excluding carboxylic acids is 1. The molecule has 1 aromatic heterocycles. The summed E-state index contributed by atoms with van der Waals surface area (Å²) in [5, 5.41) is 2.95. The Morgan fingerprint density at radius 3 is 2.77 bits per heavy atom. The minimum Gasteiger partial charge on any atom is -0.352 e. The average molecular weight is 311 g/mol. The number of rotatable bonds is 5. The molecule has 112 valence electrons. The number of amides is 1. The van der Waals surface area contributed by atoms with E-state index in [2.05, 4.69) is 15.3 Å². The lowest BCUT2D eigenvalue weighted by atomic mass is 10.2. The highest BCUT2D eigenvalue weighted by molar-refractivity contribution is 7.98. The minimum absolute atomic E-state index is 0.0407. The number of carbonyl (C=O) groups is 1. The largest absolute Gasteiger partial charge is 0.352 e. The molecule has 0 fully saturated rings. The van der Waals surface area contributed by atoms with E-state index in [1.54, 1.807) is 11.8 Å². The molecule has 0 saturated heterocycles. The summed E-state index contributed by atoms with van der Waals surface area (Å²) in [6.45, 7) is 0.557. The predicted octanol–water partition coefficient (Wildman–Crippen LogP) is 3.26. The van der Waals surface area contributed by atoms with Crippen molar-refractivity contribution in [2.75, 3.05) is 12.8 Å². The quantitative estimate of drug-likeness (QED) is 0.711. The van der Waals surface area contributed by atoms with Gasteiger partial charge in [-0.2, -0.15) is 0 Å². The van der Waals surface area contributed by atoms with E-state index in [9.17, 15) is 4.79 Å². The molecule has 4 nitrogen and oxygen atoms in total. The molecule has 3 rings (SSSR count). The zero-order valence-corrected chi connectivity index (χ0v) is 13.1. The Bertz CT molecular complexity index is 764. The van der Waals surface area contributed by atoms with Crippen molar-refractivity contribution < 1.29 is 4.79 Å². The molecule has 0 spiro atoms. The predicted molar refractivity (Wildman–Crippen MR) is 90.4 cm³/mol. The molecule has 0 atom stereocenters. The van der Waals surface area contributed by atoms with E-state index in [1.807, 2.05) is 54.8 Å². The van der Waals surface area contributed by atoms with Crippen molar-refractivity contribution in [1.29, 1.82) is 0 Å². The maximum absolute atomic E-state index is 12.2. The van der Waals surface area contributed by atoms with Crippen LogP contribution in [0.15, 0.2) is 53.4 Å². The fourth-order valence-corrected chi connectivity index (χ4v) is 2.94. The first-order chi connectivity index (χ1) is 10.8. The molecule has 2 N–H and O–H groups in total. The second kappa shape index (κ2) is 6.66. The summed E-state index contributed by atoms with van der Waals surface area (Å²) in [5.41, 5.74) is 2.70. The third-order valence-corrected chi connectivity index (χ3v) is 4.23. The summed E-state index contributed by atoms with van der Waals surface area (Å²) in [6.07, 6.45) is 2.66. The number of thioether (sulfide) groups is 1. The molecule has 1 amide bonds. The van der Waals surface area contributed by atoms with Crippen LogP contribution in [0.5, 0.6) is 0 Å². The maximum Gasteiger partial charge on any atom is 0.252 e. The number of aromatic nitrogens is 2. The van der Waals surface area contributed by atoms with Crippen molar-refractivity contribution in [3.63, 3.8) is 0 Å². The molecular formula is C17H17N3OS. The van der Waals surface area contributed by atoms with E-state index in [0.717, 1.165) is 27.3 Å². The van der Waals surface area contributed by atoms with Crippen molar-refractivity contribution in [2.45, 2.75) is 11.3 Å². The van der Waals surface area contributed by atoms with Crippen LogP contribution in [-0.4, -0.2) is 28.7 Å². The summed E-state index contributed by atoms with van der Waals surface area (Å²) in [6, 6.07) is 15.5. The average Bonchev–Trinajstić information content (AvgIpc) is 2.97. The minimum atomic E-state index is -0.0407. The van der Waals surface area contributed by atoms with Gasteiger partial charge in [0.15, 0.2) is 0 Å². The van der Waals surface area contributed by atoms with Gasteiger partial charge in [-0.15, -0.1) is 11.8 Å². The Labute approximate surface area is 133 Å². The number of aromatic amines is 1. The van der Waals surface area contributed by atoms with Crippen LogP contribution in [-0.2, 0) is 6.42 Å². The van der Waals surface area contributed by atoms with E-state index in [-0.39, 0.29) is 5.91 Å². The van der Waals surface area contributed by atoms with Crippen LogP contribution in [0.4, 0.5) is 0 Å². The van der Waals surface area contributed by atoms with Gasteiger partial charge in [-0.1, -0.05) is 24.3 Å². The summed E-state index contributed by atoms with van der Waals surface area (Å²) in [5.74, 6) is 0.848. The van der Waals surface area contributed by atoms with Crippen LogP contribution in [0.3, 0.4) is 0 Å². The SMILES string of the molecule is CSc1ccccc1C(=O)NCCc1nc2ccccc2[nH]1. The van der Waals surface area contributed by atoms with Crippen LogP contribution in [0.1, 0.15) is 16.2 Å². The summed E-state index contributed by atoms with van der Waals surface area (Å²) in [4.78, 5) is 21.0. The van der Waals surface area contributed by atoms with Crippen LogP contribution in [0.25, 0.3) is 11.0 Å². The highest BCUT2D eigenvalue weighted by Crippen LogP contribution is 2.19. The molecule has 0 aliphatic heterocycles. The van der Waals surface area contributed by atoms with E-state index in [4.69, 9.17) is 0 Å². The molecule has 0 unspecified atom stereocenters. The third kappa shape index (κ3) is 3.14. The Balaban J connectivity index is 1.61. The molecular weight excluding hydrogens is 294 g/mol. The lowest BCUT2D eigenvalue weighted by molar-refractivity contribution is 0.0951. The highest BCUT2D eigenvalue weighted by Gasteiger charge is 2.10. The third-order valence-electron chi connectivity index (χ3n) is 3.44. The summed E-state index contributed by atoms with van der Waals surface area (Å²) < 4.78 is 0. The summed E-state index contributed by atoms with van der Waals surface area (Å²) in [7, 11) is 0. The molecule has 0 aliphatic rings. The second-order valence-electron chi connectivity index (χ2n) is 4.91. The Morgan fingerprint density at radius 2 is 1.95 bits per heavy atom. The molecule has 2 aromatic carbocycles. The van der Waals surface area contributed by atoms with E-state index in [1.165, 1.54) is 0 Å². The Kier molecular flexibility index (Phi) is 4.44. The number of hydrogen-bond donors (Lipinski definition) is 2. The van der Waals surface area contributed by atoms with E-state index >= 15 is 0 Å². The van der Waals surface area contributed by atoms with Gasteiger partial charge in [0.2, 0.25) is 0 Å². The fourth-order valence-electron chi connectivity index (χ4n) is 2.35. The Morgan fingerprint density at radius 1 is 1.18 bits per heavy atom. The molecule has 1 heterocycles. The molecule has 0 aliphatic carbocycles. The van der Waals surface area contributed by atoms with Gasteiger partial charge in [-0.3, -0.25) is 4.79 Å². The number of para-hydroxylation sites is 2. The standard InChI is InChI=1S/C17H17N3OS/c1-22-15-9-5-2-6-12(15)17(21)18-11-10-16-19-13-7-3-4-8-14(13)20-16/h2-9H,10-11H2,1H3,(H,18,21)(H,19,20). The van der Waals surface area contributed by atoms with Gasteiger partial charge in [-0.25, -0.2) is 4.98 Å². The molecule has 0 saturated carbocycles. The topological polar surface area (TPSA) is 57.8 Å². The molecule has 0 radical (unpaired) electrons. The van der Waals surface area contributed by atoms with Gasteiger partial charge in [-0.05, 0) is 30.5 Å². The molecule has 0 bridgehead atoms. The van der Waals surface area contributed by atoms with Crippen molar-refractivity contribution in [1.82, 2.24) is 15.3 Å². The Hall–Kier alpha value is -2.27. The zero-order chi connectivity index (χ0) is 15.4. The van der Waals surface area contributed by atoms with E-state index < -0.39 is 0 Å². The monoisotopic (exact) mass is 311 g/mol. The number of nitrogens with one attached hydrogen (secondary N) is 2. The van der Waals surface area contributed by atoms with Gasteiger partial charge < -0.3 is 10.3 Å². The highest BCUT2D eigenvalue weighted by atomic mass is 32.2. The van der Waals surface area contributed by atoms with Crippen LogP contribution >= 0.6 is 11.8 Å². The van der Waals surface area contributed by atoms with E-state index in [0.29, 0.717) is 13.0 Å². The second-order valence-corrected chi connectivity index (χ2v) is 5.75.